The van der Waals surface area contributed by atoms with Crippen LogP contribution >= 0.6 is 0 Å². The number of aromatic amines is 1. The van der Waals surface area contributed by atoms with Gasteiger partial charge in [0.05, 0.1) is 11.3 Å². The van der Waals surface area contributed by atoms with Crippen LogP contribution in [0.3, 0.4) is 0 Å². The lowest BCUT2D eigenvalue weighted by molar-refractivity contribution is -0.137. The molecule has 25 heavy (non-hydrogen) atoms. The van der Waals surface area contributed by atoms with Crippen molar-refractivity contribution >= 4 is 0 Å². The highest BCUT2D eigenvalue weighted by Crippen LogP contribution is 2.30. The average molecular weight is 352 g/mol. The molecule has 136 valence electrons. The first kappa shape index (κ1) is 17.9. The summed E-state index contributed by atoms with van der Waals surface area (Å²) >= 11 is 0. The molecule has 0 atom stereocenters. The van der Waals surface area contributed by atoms with Crippen molar-refractivity contribution in [2.24, 2.45) is 0 Å². The van der Waals surface area contributed by atoms with E-state index in [0.29, 0.717) is 17.4 Å². The van der Waals surface area contributed by atoms with Gasteiger partial charge < -0.3 is 10.3 Å². The number of nitrogens with zero attached hydrogens (tertiary/aromatic N) is 2. The van der Waals surface area contributed by atoms with Crippen molar-refractivity contribution in [3.8, 4) is 11.4 Å². The SMILES string of the molecule is CNC1CCN(Cc2nc(-c3ccc(C(F)(F)F)cc3)[nH]c2C)CC1. The van der Waals surface area contributed by atoms with Crippen LogP contribution in [0.2, 0.25) is 0 Å². The van der Waals surface area contributed by atoms with Crippen LogP contribution in [-0.4, -0.2) is 41.0 Å². The molecule has 0 unspecified atom stereocenters. The van der Waals surface area contributed by atoms with Gasteiger partial charge >= 0.3 is 6.18 Å². The molecule has 2 N–H and O–H groups in total. The summed E-state index contributed by atoms with van der Waals surface area (Å²) in [5.74, 6) is 0.617. The summed E-state index contributed by atoms with van der Waals surface area (Å²) in [4.78, 5) is 10.2. The van der Waals surface area contributed by atoms with Crippen LogP contribution in [0.5, 0.6) is 0 Å². The monoisotopic (exact) mass is 352 g/mol. The number of nitrogens with one attached hydrogen (secondary N) is 2. The number of H-pyrrole nitrogens is 1. The number of aromatic nitrogens is 2. The van der Waals surface area contributed by atoms with Crippen LogP contribution in [0.1, 0.15) is 29.8 Å². The van der Waals surface area contributed by atoms with E-state index in [1.807, 2.05) is 14.0 Å². The Bertz CT molecular complexity index is 698. The summed E-state index contributed by atoms with van der Waals surface area (Å²) in [6.07, 6.45) is -2.08. The number of imidazole rings is 1. The molecule has 0 aliphatic carbocycles. The highest BCUT2D eigenvalue weighted by atomic mass is 19.4. The molecule has 3 rings (SSSR count). The lowest BCUT2D eigenvalue weighted by atomic mass is 10.1. The second-order valence-corrected chi connectivity index (χ2v) is 6.57. The molecule has 1 aliphatic heterocycles. The minimum absolute atomic E-state index is 0.583. The molecule has 1 aliphatic rings. The summed E-state index contributed by atoms with van der Waals surface area (Å²) < 4.78 is 38.0. The molecule has 2 heterocycles. The fourth-order valence-electron chi connectivity index (χ4n) is 3.20. The molecular formula is C18H23F3N4. The van der Waals surface area contributed by atoms with Gasteiger partial charge in [-0.3, -0.25) is 4.90 Å². The van der Waals surface area contributed by atoms with E-state index >= 15 is 0 Å². The Morgan fingerprint density at radius 3 is 2.40 bits per heavy atom. The molecule has 0 amide bonds. The Hall–Kier alpha value is -1.86. The van der Waals surface area contributed by atoms with Gasteiger partial charge in [-0.1, -0.05) is 12.1 Å². The van der Waals surface area contributed by atoms with Gasteiger partial charge in [0, 0.05) is 36.9 Å². The Morgan fingerprint density at radius 1 is 1.20 bits per heavy atom. The van der Waals surface area contributed by atoms with E-state index in [-0.39, 0.29) is 0 Å². The lowest BCUT2D eigenvalue weighted by Gasteiger charge is -2.31. The molecule has 1 aromatic heterocycles. The van der Waals surface area contributed by atoms with Gasteiger partial charge in [-0.15, -0.1) is 0 Å². The smallest absolute Gasteiger partial charge is 0.342 e. The Labute approximate surface area is 145 Å². The van der Waals surface area contributed by atoms with Gasteiger partial charge in [0.2, 0.25) is 0 Å². The summed E-state index contributed by atoms with van der Waals surface area (Å²) in [6, 6.07) is 5.69. The van der Waals surface area contributed by atoms with Crippen LogP contribution in [0.4, 0.5) is 13.2 Å². The van der Waals surface area contributed by atoms with E-state index in [1.54, 1.807) is 0 Å². The maximum Gasteiger partial charge on any atom is 0.416 e. The molecule has 1 saturated heterocycles. The van der Waals surface area contributed by atoms with Gasteiger partial charge in [-0.05, 0) is 38.9 Å². The predicted octanol–water partition coefficient (Wildman–Crippen LogP) is 3.59. The van der Waals surface area contributed by atoms with E-state index in [1.165, 1.54) is 12.1 Å². The van der Waals surface area contributed by atoms with Gasteiger partial charge in [-0.25, -0.2) is 4.98 Å². The first-order chi connectivity index (χ1) is 11.9. The second-order valence-electron chi connectivity index (χ2n) is 6.57. The zero-order valence-electron chi connectivity index (χ0n) is 14.5. The molecule has 4 nitrogen and oxygen atoms in total. The molecule has 0 spiro atoms. The van der Waals surface area contributed by atoms with E-state index in [0.717, 1.165) is 56.0 Å². The van der Waals surface area contributed by atoms with Crippen molar-refractivity contribution in [1.82, 2.24) is 20.2 Å². The van der Waals surface area contributed by atoms with E-state index < -0.39 is 11.7 Å². The Kier molecular flexibility index (Phi) is 5.15. The number of halogens is 3. The number of hydrogen-bond acceptors (Lipinski definition) is 3. The molecule has 1 fully saturated rings. The fraction of sp³-hybridized carbons (Fsp3) is 0.500. The third-order valence-corrected chi connectivity index (χ3v) is 4.84. The highest BCUT2D eigenvalue weighted by molar-refractivity contribution is 5.56. The van der Waals surface area contributed by atoms with Gasteiger partial charge in [0.25, 0.3) is 0 Å². The zero-order valence-corrected chi connectivity index (χ0v) is 14.5. The van der Waals surface area contributed by atoms with E-state index in [4.69, 9.17) is 0 Å². The first-order valence-electron chi connectivity index (χ1n) is 8.49. The number of hydrogen-bond donors (Lipinski definition) is 2. The van der Waals surface area contributed by atoms with Gasteiger partial charge in [-0.2, -0.15) is 13.2 Å². The van der Waals surface area contributed by atoms with Gasteiger partial charge in [0.15, 0.2) is 0 Å². The normalized spacial score (nSPS) is 17.2. The molecule has 0 saturated carbocycles. The summed E-state index contributed by atoms with van der Waals surface area (Å²) in [5, 5.41) is 3.31. The van der Waals surface area contributed by atoms with Crippen molar-refractivity contribution in [3.63, 3.8) is 0 Å². The first-order valence-corrected chi connectivity index (χ1v) is 8.49. The van der Waals surface area contributed by atoms with Crippen LogP contribution in [0, 0.1) is 6.92 Å². The van der Waals surface area contributed by atoms with Gasteiger partial charge in [0.1, 0.15) is 5.82 Å². The molecule has 2 aromatic rings. The van der Waals surface area contributed by atoms with E-state index in [2.05, 4.69) is 20.2 Å². The van der Waals surface area contributed by atoms with Crippen molar-refractivity contribution in [1.29, 1.82) is 0 Å². The van der Waals surface area contributed by atoms with E-state index in [9.17, 15) is 13.2 Å². The average Bonchev–Trinajstić information content (AvgIpc) is 2.96. The summed E-state index contributed by atoms with van der Waals surface area (Å²) in [5.41, 5.74) is 1.94. The third-order valence-electron chi connectivity index (χ3n) is 4.84. The molecule has 1 aromatic carbocycles. The minimum Gasteiger partial charge on any atom is -0.342 e. The van der Waals surface area contributed by atoms with Crippen molar-refractivity contribution < 1.29 is 13.2 Å². The number of alkyl halides is 3. The third kappa shape index (κ3) is 4.22. The number of rotatable bonds is 4. The molecule has 0 radical (unpaired) electrons. The summed E-state index contributed by atoms with van der Waals surface area (Å²) in [7, 11) is 1.99. The van der Waals surface area contributed by atoms with Crippen molar-refractivity contribution in [3.05, 3.63) is 41.2 Å². The highest BCUT2D eigenvalue weighted by Gasteiger charge is 2.30. The topological polar surface area (TPSA) is 44.0 Å². The Balaban J connectivity index is 1.70. The number of aryl methyl sites for hydroxylation is 1. The quantitative estimate of drug-likeness (QED) is 0.884. The standard InChI is InChI=1S/C18H23F3N4/c1-12-16(11-25-9-7-15(22-2)8-10-25)24-17(23-12)13-3-5-14(6-4-13)18(19,20)21/h3-6,15,22H,7-11H2,1-2H3,(H,23,24). The predicted molar refractivity (Wildman–Crippen MR) is 91.1 cm³/mol. The summed E-state index contributed by atoms with van der Waals surface area (Å²) in [6.45, 7) is 4.76. The van der Waals surface area contributed by atoms with Crippen LogP contribution < -0.4 is 5.32 Å². The Morgan fingerprint density at radius 2 is 1.84 bits per heavy atom. The van der Waals surface area contributed by atoms with Crippen LogP contribution in [0.15, 0.2) is 24.3 Å². The number of piperidine rings is 1. The van der Waals surface area contributed by atoms with Crippen molar-refractivity contribution in [2.45, 2.75) is 38.5 Å². The molecular weight excluding hydrogens is 329 g/mol. The lowest BCUT2D eigenvalue weighted by Crippen LogP contribution is -2.40. The zero-order chi connectivity index (χ0) is 18.0. The van der Waals surface area contributed by atoms with Crippen molar-refractivity contribution in [2.75, 3.05) is 20.1 Å². The minimum atomic E-state index is -4.32. The fourth-order valence-corrected chi connectivity index (χ4v) is 3.20. The molecule has 7 heteroatoms. The number of benzene rings is 1. The maximum atomic E-state index is 12.7. The maximum absolute atomic E-state index is 12.7. The van der Waals surface area contributed by atoms with Crippen LogP contribution in [-0.2, 0) is 12.7 Å². The largest absolute Gasteiger partial charge is 0.416 e. The van der Waals surface area contributed by atoms with Crippen LogP contribution in [0.25, 0.3) is 11.4 Å². The second kappa shape index (κ2) is 7.17. The molecule has 0 bridgehead atoms. The number of likely N-dealkylation sites (tertiary alicyclic amines) is 1.